The number of carbonyl (C=O) groups excluding carboxylic acids is 2. The smallest absolute Gasteiger partial charge is 0.287 e. The molecule has 1 aromatic heterocycles. The van der Waals surface area contributed by atoms with Crippen LogP contribution in [0, 0.1) is 0 Å². The van der Waals surface area contributed by atoms with E-state index in [1.807, 2.05) is 11.8 Å². The first-order valence-corrected chi connectivity index (χ1v) is 8.32. The highest BCUT2D eigenvalue weighted by atomic mass is 127. The molecule has 0 aromatic carbocycles. The summed E-state index contributed by atoms with van der Waals surface area (Å²) < 4.78 is 5.01. The Morgan fingerprint density at radius 1 is 1.20 bits per heavy atom. The molecular formula is C16H26IN5O3. The van der Waals surface area contributed by atoms with Crippen LogP contribution in [0.5, 0.6) is 0 Å². The second-order valence-corrected chi connectivity index (χ2v) is 5.44. The number of hydrogen-bond acceptors (Lipinski definition) is 4. The van der Waals surface area contributed by atoms with Crippen LogP contribution in [0.3, 0.4) is 0 Å². The number of furan rings is 1. The van der Waals surface area contributed by atoms with Gasteiger partial charge in [-0.25, -0.2) is 4.99 Å². The molecule has 0 bridgehead atoms. The summed E-state index contributed by atoms with van der Waals surface area (Å²) in [4.78, 5) is 29.9. The van der Waals surface area contributed by atoms with E-state index in [-0.39, 0.29) is 48.1 Å². The van der Waals surface area contributed by atoms with Gasteiger partial charge in [0.2, 0.25) is 5.91 Å². The number of nitrogens with zero attached hydrogens (tertiary/aromatic N) is 2. The van der Waals surface area contributed by atoms with E-state index in [1.54, 1.807) is 12.1 Å². The summed E-state index contributed by atoms with van der Waals surface area (Å²) in [6.07, 6.45) is 3.60. The summed E-state index contributed by atoms with van der Waals surface area (Å²) in [6, 6.07) is 3.28. The molecular weight excluding hydrogens is 437 g/mol. The molecule has 2 rings (SSSR count). The van der Waals surface area contributed by atoms with Crippen molar-refractivity contribution in [3.63, 3.8) is 0 Å². The summed E-state index contributed by atoms with van der Waals surface area (Å²) in [7, 11) is 0. The fourth-order valence-electron chi connectivity index (χ4n) is 2.41. The Bertz CT molecular complexity index is 556. The Balaban J connectivity index is 0.00000312. The molecule has 140 valence electrons. The van der Waals surface area contributed by atoms with E-state index in [0.717, 1.165) is 25.9 Å². The average Bonchev–Trinajstić information content (AvgIpc) is 3.29. The molecule has 0 atom stereocenters. The van der Waals surface area contributed by atoms with E-state index in [1.165, 1.54) is 6.26 Å². The lowest BCUT2D eigenvalue weighted by Crippen LogP contribution is -2.42. The Kier molecular flexibility index (Phi) is 9.97. The van der Waals surface area contributed by atoms with Gasteiger partial charge >= 0.3 is 0 Å². The maximum Gasteiger partial charge on any atom is 0.287 e. The highest BCUT2D eigenvalue weighted by molar-refractivity contribution is 14.0. The van der Waals surface area contributed by atoms with Crippen molar-refractivity contribution in [3.05, 3.63) is 24.2 Å². The fourth-order valence-corrected chi connectivity index (χ4v) is 2.41. The molecule has 25 heavy (non-hydrogen) atoms. The van der Waals surface area contributed by atoms with Crippen LogP contribution in [0.1, 0.15) is 30.3 Å². The lowest BCUT2D eigenvalue weighted by molar-refractivity contribution is -0.128. The van der Waals surface area contributed by atoms with E-state index in [0.29, 0.717) is 25.6 Å². The lowest BCUT2D eigenvalue weighted by Gasteiger charge is -2.15. The summed E-state index contributed by atoms with van der Waals surface area (Å²) in [5.74, 6) is 0.646. The lowest BCUT2D eigenvalue weighted by atomic mass is 10.4. The number of guanidine groups is 1. The van der Waals surface area contributed by atoms with Crippen LogP contribution in [0.4, 0.5) is 0 Å². The normalized spacial score (nSPS) is 14.0. The first kappa shape index (κ1) is 21.3. The zero-order valence-electron chi connectivity index (χ0n) is 14.4. The molecule has 8 nitrogen and oxygen atoms in total. The summed E-state index contributed by atoms with van der Waals surface area (Å²) >= 11 is 0. The molecule has 1 saturated heterocycles. The van der Waals surface area contributed by atoms with Crippen LogP contribution in [-0.4, -0.2) is 61.9 Å². The molecule has 0 radical (unpaired) electrons. The molecule has 3 N–H and O–H groups in total. The van der Waals surface area contributed by atoms with E-state index < -0.39 is 0 Å². The number of carbonyl (C=O) groups is 2. The van der Waals surface area contributed by atoms with Crippen LogP contribution in [0.2, 0.25) is 0 Å². The summed E-state index contributed by atoms with van der Waals surface area (Å²) in [6.45, 7) is 5.36. The van der Waals surface area contributed by atoms with Gasteiger partial charge in [0, 0.05) is 32.7 Å². The van der Waals surface area contributed by atoms with Gasteiger partial charge < -0.3 is 25.3 Å². The molecule has 2 amide bonds. The van der Waals surface area contributed by atoms with E-state index in [2.05, 4.69) is 20.9 Å². The molecule has 0 saturated carbocycles. The highest BCUT2D eigenvalue weighted by Crippen LogP contribution is 2.07. The first-order valence-electron chi connectivity index (χ1n) is 8.32. The van der Waals surface area contributed by atoms with Gasteiger partial charge in [0.15, 0.2) is 11.7 Å². The quantitative estimate of drug-likeness (QED) is 0.241. The molecule has 9 heteroatoms. The fraction of sp³-hybridized carbons (Fsp3) is 0.562. The van der Waals surface area contributed by atoms with Gasteiger partial charge in [-0.3, -0.25) is 9.59 Å². The molecule has 1 aliphatic rings. The monoisotopic (exact) mass is 463 g/mol. The zero-order chi connectivity index (χ0) is 17.2. The molecule has 1 fully saturated rings. The third-order valence-corrected chi connectivity index (χ3v) is 3.62. The first-order chi connectivity index (χ1) is 11.7. The van der Waals surface area contributed by atoms with Gasteiger partial charge in [-0.05, 0) is 31.9 Å². The number of likely N-dealkylation sites (tertiary alicyclic amines) is 1. The number of halogens is 1. The SMILES string of the molecule is CCNC(=NCC(=O)N1CCCC1)NCCNC(=O)c1ccco1.I. The van der Waals surface area contributed by atoms with Gasteiger partial charge in [0.05, 0.1) is 6.26 Å². The summed E-state index contributed by atoms with van der Waals surface area (Å²) in [5, 5.41) is 8.91. The van der Waals surface area contributed by atoms with Crippen LogP contribution in [0.25, 0.3) is 0 Å². The van der Waals surface area contributed by atoms with Crippen LogP contribution in [-0.2, 0) is 4.79 Å². The Morgan fingerprint density at radius 2 is 1.92 bits per heavy atom. The molecule has 1 aromatic rings. The molecule has 0 spiro atoms. The standard InChI is InChI=1S/C16H25N5O3.HI/c1-2-17-16(20-12-14(22)21-9-3-4-10-21)19-8-7-18-15(23)13-6-5-11-24-13;/h5-6,11H,2-4,7-10,12H2,1H3,(H,18,23)(H2,17,19,20);1H. The molecule has 1 aliphatic heterocycles. The van der Waals surface area contributed by atoms with E-state index in [9.17, 15) is 9.59 Å². The van der Waals surface area contributed by atoms with Gasteiger partial charge in [-0.2, -0.15) is 0 Å². The molecule has 0 unspecified atom stereocenters. The average molecular weight is 463 g/mol. The minimum Gasteiger partial charge on any atom is -0.459 e. The maximum absolute atomic E-state index is 12.0. The third kappa shape index (κ3) is 7.32. The Morgan fingerprint density at radius 3 is 2.56 bits per heavy atom. The van der Waals surface area contributed by atoms with Crippen molar-refractivity contribution >= 4 is 41.8 Å². The van der Waals surface area contributed by atoms with Crippen molar-refractivity contribution in [2.75, 3.05) is 39.3 Å². The third-order valence-electron chi connectivity index (χ3n) is 3.62. The number of amides is 2. The van der Waals surface area contributed by atoms with Gasteiger partial charge in [-0.1, -0.05) is 0 Å². The second kappa shape index (κ2) is 11.7. The number of aliphatic imine (C=N–C) groups is 1. The van der Waals surface area contributed by atoms with E-state index in [4.69, 9.17) is 4.42 Å². The Labute approximate surface area is 164 Å². The van der Waals surface area contributed by atoms with Crippen molar-refractivity contribution < 1.29 is 14.0 Å². The predicted molar refractivity (Wildman–Crippen MR) is 106 cm³/mol. The van der Waals surface area contributed by atoms with Gasteiger partial charge in [-0.15, -0.1) is 24.0 Å². The van der Waals surface area contributed by atoms with Crippen molar-refractivity contribution in [1.29, 1.82) is 0 Å². The van der Waals surface area contributed by atoms with Crippen molar-refractivity contribution in [2.24, 2.45) is 4.99 Å². The van der Waals surface area contributed by atoms with Crippen LogP contribution < -0.4 is 16.0 Å². The minimum atomic E-state index is -0.257. The van der Waals surface area contributed by atoms with Crippen molar-refractivity contribution in [2.45, 2.75) is 19.8 Å². The predicted octanol–water partition coefficient (Wildman–Crippen LogP) is 0.805. The number of rotatable bonds is 7. The minimum absolute atomic E-state index is 0. The number of nitrogens with one attached hydrogen (secondary N) is 3. The van der Waals surface area contributed by atoms with Gasteiger partial charge in [0.25, 0.3) is 5.91 Å². The Hall–Kier alpha value is -1.78. The summed E-state index contributed by atoms with van der Waals surface area (Å²) in [5.41, 5.74) is 0. The highest BCUT2D eigenvalue weighted by Gasteiger charge is 2.17. The second-order valence-electron chi connectivity index (χ2n) is 5.44. The topological polar surface area (TPSA) is 99.0 Å². The largest absolute Gasteiger partial charge is 0.459 e. The maximum atomic E-state index is 12.0. The number of hydrogen-bond donors (Lipinski definition) is 3. The molecule has 2 heterocycles. The van der Waals surface area contributed by atoms with Crippen molar-refractivity contribution in [3.8, 4) is 0 Å². The van der Waals surface area contributed by atoms with Crippen molar-refractivity contribution in [1.82, 2.24) is 20.9 Å². The van der Waals surface area contributed by atoms with Gasteiger partial charge in [0.1, 0.15) is 6.54 Å². The van der Waals surface area contributed by atoms with Crippen LogP contribution >= 0.6 is 24.0 Å². The molecule has 0 aliphatic carbocycles. The zero-order valence-corrected chi connectivity index (χ0v) is 16.7. The van der Waals surface area contributed by atoms with E-state index >= 15 is 0 Å². The van der Waals surface area contributed by atoms with Crippen LogP contribution in [0.15, 0.2) is 27.8 Å².